The van der Waals surface area contributed by atoms with Crippen molar-refractivity contribution < 1.29 is 0 Å². The van der Waals surface area contributed by atoms with E-state index < -0.39 is 0 Å². The second-order valence-electron chi connectivity index (χ2n) is 15.7. The number of nitrogens with one attached hydrogen (secondary N) is 2. The van der Waals surface area contributed by atoms with Gasteiger partial charge in [0.1, 0.15) is 0 Å². The Kier molecular flexibility index (Phi) is 17.4. The third-order valence-corrected chi connectivity index (χ3v) is 11.6. The molecule has 0 radical (unpaired) electrons. The molecule has 6 N–H and O–H groups in total. The van der Waals surface area contributed by atoms with Crippen LogP contribution in [-0.2, 0) is 13.1 Å². The summed E-state index contributed by atoms with van der Waals surface area (Å²) in [6, 6.07) is 39.8. The third kappa shape index (κ3) is 12.3. The number of fused-ring (bicyclic) bond motifs is 4. The summed E-state index contributed by atoms with van der Waals surface area (Å²) >= 11 is 0. The maximum Gasteiger partial charge on any atom is 0.0217 e. The first-order valence-corrected chi connectivity index (χ1v) is 21.8. The zero-order chi connectivity index (χ0) is 38.6. The predicted octanol–water partition coefficient (Wildman–Crippen LogP) is 9.60. The third-order valence-electron chi connectivity index (χ3n) is 11.6. The lowest BCUT2D eigenvalue weighted by molar-refractivity contribution is 0.233. The van der Waals surface area contributed by atoms with E-state index in [0.29, 0.717) is 0 Å². The van der Waals surface area contributed by atoms with Crippen LogP contribution >= 0.6 is 0 Å². The summed E-state index contributed by atoms with van der Waals surface area (Å²) in [6.07, 6.45) is 12.1. The Bertz CT molecular complexity index is 1790. The van der Waals surface area contributed by atoms with Gasteiger partial charge in [0, 0.05) is 13.1 Å². The van der Waals surface area contributed by atoms with Crippen LogP contribution < -0.4 is 22.1 Å². The van der Waals surface area contributed by atoms with Gasteiger partial charge in [-0.15, -0.1) is 0 Å². The van der Waals surface area contributed by atoms with Gasteiger partial charge in [0.25, 0.3) is 0 Å². The van der Waals surface area contributed by atoms with E-state index in [9.17, 15) is 0 Å². The highest BCUT2D eigenvalue weighted by atomic mass is 15.1. The molecule has 0 saturated carbocycles. The van der Waals surface area contributed by atoms with Gasteiger partial charge < -0.3 is 31.9 Å². The molecule has 0 aliphatic rings. The molecule has 0 bridgehead atoms. The van der Waals surface area contributed by atoms with Crippen LogP contribution in [0, 0.1) is 0 Å². The molecule has 0 heterocycles. The number of nitrogens with two attached hydrogens (primary N) is 2. The normalized spacial score (nSPS) is 12.0. The van der Waals surface area contributed by atoms with E-state index >= 15 is 0 Å². The van der Waals surface area contributed by atoms with Gasteiger partial charge in [0.15, 0.2) is 0 Å². The molecule has 56 heavy (non-hydrogen) atoms. The number of unbranched alkanes of at least 4 members (excludes halogenated alkanes) is 5. The Morgan fingerprint density at radius 1 is 0.357 bits per heavy atom. The van der Waals surface area contributed by atoms with E-state index in [1.807, 2.05) is 0 Å². The molecule has 0 aliphatic heterocycles. The molecule has 6 aromatic rings. The van der Waals surface area contributed by atoms with Gasteiger partial charge in [-0.1, -0.05) is 110 Å². The summed E-state index contributed by atoms with van der Waals surface area (Å²) in [5.74, 6) is 0. The van der Waals surface area contributed by atoms with Crippen molar-refractivity contribution in [3.63, 3.8) is 0 Å². The fourth-order valence-electron chi connectivity index (χ4n) is 8.52. The number of hydrogen-bond donors (Lipinski definition) is 4. The summed E-state index contributed by atoms with van der Waals surface area (Å²) in [6.45, 7) is 12.4. The highest BCUT2D eigenvalue weighted by Crippen LogP contribution is 2.29. The molecule has 0 amide bonds. The van der Waals surface area contributed by atoms with Gasteiger partial charge in [-0.2, -0.15) is 0 Å². The molecule has 6 aromatic carbocycles. The maximum atomic E-state index is 5.94. The summed E-state index contributed by atoms with van der Waals surface area (Å²) in [5, 5.41) is 18.3. The first-order chi connectivity index (χ1) is 27.7. The first-order valence-electron chi connectivity index (χ1n) is 21.8. The molecule has 298 valence electrons. The molecule has 6 nitrogen and oxygen atoms in total. The fraction of sp³-hybridized carbons (Fsp3) is 0.440. The van der Waals surface area contributed by atoms with Gasteiger partial charge in [-0.25, -0.2) is 0 Å². The van der Waals surface area contributed by atoms with E-state index in [2.05, 4.69) is 130 Å². The maximum absolute atomic E-state index is 5.94. The van der Waals surface area contributed by atoms with Crippen molar-refractivity contribution in [2.24, 2.45) is 11.5 Å². The van der Waals surface area contributed by atoms with Crippen molar-refractivity contribution in [2.45, 2.75) is 77.3 Å². The molecule has 0 unspecified atom stereocenters. The molecular weight excluding hydrogens is 685 g/mol. The van der Waals surface area contributed by atoms with Crippen LogP contribution in [0.1, 0.15) is 75.3 Å². The molecule has 0 spiro atoms. The molecule has 6 heteroatoms. The SMILES string of the molecule is NCCCN(CCCCCNCc1c2ccccc2cc2ccccc12)CCCCN(CCCN)CCCCCNCc1c2ccccc2cc2ccccc12. The van der Waals surface area contributed by atoms with Crippen LogP contribution in [0.15, 0.2) is 109 Å². The quantitative estimate of drug-likeness (QED) is 0.0310. The minimum absolute atomic E-state index is 0.770. The number of hydrogen-bond acceptors (Lipinski definition) is 6. The highest BCUT2D eigenvalue weighted by molar-refractivity contribution is 6.03. The standard InChI is InChI=1S/C50H68N6/c51-27-17-35-55(31-13-1-11-29-53-39-49-45-23-7-3-19-41(45)37-42-20-4-8-24-46(42)49)33-15-16-34-56(36-18-28-52)32-14-2-12-30-54-40-50-47-25-9-5-21-43(47)38-44-22-6-10-26-48(44)50/h3-10,19-26,37-38,53-54H,1-2,11-18,27-36,39-40,51-52H2. The van der Waals surface area contributed by atoms with Crippen LogP contribution in [0.2, 0.25) is 0 Å². The number of nitrogens with zero attached hydrogens (tertiary/aromatic N) is 2. The Labute approximate surface area is 337 Å². The lowest BCUT2D eigenvalue weighted by Crippen LogP contribution is -2.31. The zero-order valence-electron chi connectivity index (χ0n) is 34.0. The number of benzene rings is 6. The monoisotopic (exact) mass is 753 g/mol. The van der Waals surface area contributed by atoms with Gasteiger partial charge in [-0.05, 0) is 183 Å². The Balaban J connectivity index is 0.852. The molecule has 6 rings (SSSR count). The fourth-order valence-corrected chi connectivity index (χ4v) is 8.52. The van der Waals surface area contributed by atoms with Crippen molar-refractivity contribution in [3.05, 3.63) is 120 Å². The predicted molar refractivity (Wildman–Crippen MR) is 243 cm³/mol. The zero-order valence-corrected chi connectivity index (χ0v) is 34.0. The van der Waals surface area contributed by atoms with Crippen LogP contribution in [-0.4, -0.2) is 75.2 Å². The first kappa shape index (κ1) is 41.7. The summed E-state index contributed by atoms with van der Waals surface area (Å²) < 4.78 is 0. The minimum Gasteiger partial charge on any atom is -0.330 e. The largest absolute Gasteiger partial charge is 0.330 e. The van der Waals surface area contributed by atoms with E-state index in [1.54, 1.807) is 0 Å². The van der Waals surface area contributed by atoms with Crippen LogP contribution in [0.4, 0.5) is 0 Å². The average Bonchev–Trinajstić information content (AvgIpc) is 3.24. The van der Waals surface area contributed by atoms with Gasteiger partial charge in [0.2, 0.25) is 0 Å². The van der Waals surface area contributed by atoms with Crippen molar-refractivity contribution in [3.8, 4) is 0 Å². The van der Waals surface area contributed by atoms with Gasteiger partial charge in [-0.3, -0.25) is 0 Å². The van der Waals surface area contributed by atoms with Gasteiger partial charge >= 0.3 is 0 Å². The molecule has 0 fully saturated rings. The van der Waals surface area contributed by atoms with E-state index in [-0.39, 0.29) is 0 Å². The molecule has 0 aromatic heterocycles. The van der Waals surface area contributed by atoms with Gasteiger partial charge in [0.05, 0.1) is 0 Å². The Morgan fingerprint density at radius 3 is 1.00 bits per heavy atom. The summed E-state index contributed by atoms with van der Waals surface area (Å²) in [7, 11) is 0. The molecule has 0 aliphatic carbocycles. The molecular formula is C50H68N6. The summed E-state index contributed by atoms with van der Waals surface area (Å²) in [4.78, 5) is 5.33. The number of rotatable bonds is 27. The Hall–Kier alpha value is -3.88. The van der Waals surface area contributed by atoms with E-state index in [4.69, 9.17) is 11.5 Å². The average molecular weight is 753 g/mol. The van der Waals surface area contributed by atoms with Crippen molar-refractivity contribution in [2.75, 3.05) is 65.4 Å². The van der Waals surface area contributed by atoms with E-state index in [0.717, 1.165) is 65.2 Å². The van der Waals surface area contributed by atoms with Crippen LogP contribution in [0.5, 0.6) is 0 Å². The molecule has 0 atom stereocenters. The van der Waals surface area contributed by atoms with Crippen molar-refractivity contribution >= 4 is 43.1 Å². The molecule has 0 saturated heterocycles. The second kappa shape index (κ2) is 23.4. The Morgan fingerprint density at radius 2 is 0.661 bits per heavy atom. The second-order valence-corrected chi connectivity index (χ2v) is 15.7. The highest BCUT2D eigenvalue weighted by Gasteiger charge is 2.10. The summed E-state index contributed by atoms with van der Waals surface area (Å²) in [5.41, 5.74) is 14.7. The smallest absolute Gasteiger partial charge is 0.0217 e. The van der Waals surface area contributed by atoms with Crippen molar-refractivity contribution in [1.29, 1.82) is 0 Å². The van der Waals surface area contributed by atoms with Crippen LogP contribution in [0.25, 0.3) is 43.1 Å². The lowest BCUT2D eigenvalue weighted by atomic mass is 9.97. The van der Waals surface area contributed by atoms with Crippen molar-refractivity contribution in [1.82, 2.24) is 20.4 Å². The lowest BCUT2D eigenvalue weighted by Gasteiger charge is -2.25. The van der Waals surface area contributed by atoms with Crippen LogP contribution in [0.3, 0.4) is 0 Å². The van der Waals surface area contributed by atoms with E-state index in [1.165, 1.54) is 132 Å². The topological polar surface area (TPSA) is 82.6 Å². The minimum atomic E-state index is 0.770.